The summed E-state index contributed by atoms with van der Waals surface area (Å²) < 4.78 is 16.5. The van der Waals surface area contributed by atoms with E-state index in [1.807, 2.05) is 58.0 Å². The number of urea groups is 1. The van der Waals surface area contributed by atoms with Crippen LogP contribution in [0.15, 0.2) is 30.3 Å². The van der Waals surface area contributed by atoms with Crippen LogP contribution in [0.5, 0.6) is 11.5 Å². The van der Waals surface area contributed by atoms with Crippen LogP contribution in [0.1, 0.15) is 48.6 Å². The fraction of sp³-hybridized carbons (Fsp3) is 0.440. The van der Waals surface area contributed by atoms with Crippen molar-refractivity contribution < 1.29 is 23.8 Å². The van der Waals surface area contributed by atoms with Crippen LogP contribution in [0, 0.1) is 13.8 Å². The summed E-state index contributed by atoms with van der Waals surface area (Å²) in [5.74, 6) is 0.914. The molecule has 0 aromatic heterocycles. The maximum absolute atomic E-state index is 13.3. The van der Waals surface area contributed by atoms with Gasteiger partial charge in [-0.1, -0.05) is 12.1 Å². The normalized spacial score (nSPS) is 15.0. The van der Waals surface area contributed by atoms with Gasteiger partial charge in [-0.05, 0) is 74.6 Å². The molecule has 1 atom stereocenters. The summed E-state index contributed by atoms with van der Waals surface area (Å²) in [6, 6.07) is 8.96. The predicted molar refractivity (Wildman–Crippen MR) is 123 cm³/mol. The number of rotatable bonds is 7. The van der Waals surface area contributed by atoms with Gasteiger partial charge in [-0.25, -0.2) is 4.79 Å². The molecular weight excluding hydrogens is 408 g/mol. The van der Waals surface area contributed by atoms with Crippen molar-refractivity contribution >= 4 is 17.7 Å². The molecule has 1 N–H and O–H groups in total. The van der Waals surface area contributed by atoms with Crippen LogP contribution in [0.25, 0.3) is 0 Å². The molecule has 0 spiro atoms. The number of aryl methyl sites for hydroxylation is 1. The van der Waals surface area contributed by atoms with Crippen LogP contribution in [0.4, 0.5) is 10.5 Å². The molecular formula is C25H32N2O5. The first kappa shape index (κ1) is 23.4. The first-order valence-electron chi connectivity index (χ1n) is 11.0. The van der Waals surface area contributed by atoms with Crippen molar-refractivity contribution in [1.82, 2.24) is 4.90 Å². The highest BCUT2D eigenvalue weighted by molar-refractivity contribution is 5.91. The van der Waals surface area contributed by atoms with E-state index in [9.17, 15) is 9.59 Å². The van der Waals surface area contributed by atoms with Crippen molar-refractivity contribution in [2.24, 2.45) is 0 Å². The van der Waals surface area contributed by atoms with Gasteiger partial charge in [0, 0.05) is 12.2 Å². The largest absolute Gasteiger partial charge is 0.490 e. The van der Waals surface area contributed by atoms with Gasteiger partial charge in [0.05, 0.1) is 32.8 Å². The second-order valence-electron chi connectivity index (χ2n) is 7.78. The van der Waals surface area contributed by atoms with E-state index >= 15 is 0 Å². The minimum Gasteiger partial charge on any atom is -0.490 e. The van der Waals surface area contributed by atoms with Crippen molar-refractivity contribution in [1.29, 1.82) is 0 Å². The number of hydrogen-bond donors (Lipinski definition) is 1. The second kappa shape index (κ2) is 10.4. The fourth-order valence-corrected chi connectivity index (χ4v) is 4.02. The Hall–Kier alpha value is -3.22. The van der Waals surface area contributed by atoms with E-state index in [1.165, 1.54) is 7.11 Å². The number of esters is 1. The van der Waals surface area contributed by atoms with Crippen LogP contribution in [0.3, 0.4) is 0 Å². The van der Waals surface area contributed by atoms with E-state index in [4.69, 9.17) is 14.2 Å². The molecule has 0 saturated carbocycles. The summed E-state index contributed by atoms with van der Waals surface area (Å²) in [5.41, 5.74) is 4.80. The Balaban J connectivity index is 1.97. The van der Waals surface area contributed by atoms with Crippen LogP contribution in [-0.2, 0) is 16.0 Å². The summed E-state index contributed by atoms with van der Waals surface area (Å²) in [7, 11) is 1.36. The molecule has 0 bridgehead atoms. The zero-order valence-electron chi connectivity index (χ0n) is 19.5. The van der Waals surface area contributed by atoms with Crippen LogP contribution < -0.4 is 14.8 Å². The number of carbonyl (C=O) groups excluding carboxylic acids is 2. The van der Waals surface area contributed by atoms with E-state index in [0.717, 1.165) is 27.9 Å². The van der Waals surface area contributed by atoms with Crippen molar-refractivity contribution in [2.75, 3.05) is 32.2 Å². The van der Waals surface area contributed by atoms with Crippen molar-refractivity contribution in [3.63, 3.8) is 0 Å². The minimum atomic E-state index is -0.466. The maximum atomic E-state index is 13.3. The topological polar surface area (TPSA) is 77.1 Å². The molecule has 7 heteroatoms. The molecule has 0 fully saturated rings. The van der Waals surface area contributed by atoms with E-state index < -0.39 is 6.04 Å². The van der Waals surface area contributed by atoms with E-state index in [-0.39, 0.29) is 18.4 Å². The van der Waals surface area contributed by atoms with Crippen molar-refractivity contribution in [3.05, 3.63) is 52.6 Å². The third-order valence-electron chi connectivity index (χ3n) is 5.86. The Morgan fingerprint density at radius 2 is 1.78 bits per heavy atom. The molecule has 2 aromatic rings. The smallest absolute Gasteiger partial charge is 0.322 e. The number of benzene rings is 2. The van der Waals surface area contributed by atoms with Gasteiger partial charge in [-0.3, -0.25) is 4.79 Å². The highest BCUT2D eigenvalue weighted by Gasteiger charge is 2.34. The highest BCUT2D eigenvalue weighted by Crippen LogP contribution is 2.40. The third-order valence-corrected chi connectivity index (χ3v) is 5.86. The van der Waals surface area contributed by atoms with Gasteiger partial charge in [0.15, 0.2) is 11.5 Å². The molecule has 1 heterocycles. The molecule has 32 heavy (non-hydrogen) atoms. The molecule has 0 saturated heterocycles. The van der Waals surface area contributed by atoms with Crippen LogP contribution in [-0.4, -0.2) is 43.8 Å². The van der Waals surface area contributed by atoms with Crippen LogP contribution in [0.2, 0.25) is 0 Å². The standard InChI is InChI=1S/C25H32N2O5/c1-6-31-22-13-18-11-12-27(25(29)26-20-10-8-9-16(3)17(20)4)21(15-24(28)30-5)19(18)14-23(22)32-7-2/h8-10,13-14,21H,6-7,11-12,15H2,1-5H3,(H,26,29). The lowest BCUT2D eigenvalue weighted by atomic mass is 9.90. The quantitative estimate of drug-likeness (QED) is 0.626. The zero-order valence-corrected chi connectivity index (χ0v) is 19.5. The summed E-state index contributed by atoms with van der Waals surface area (Å²) in [5, 5.41) is 3.02. The number of methoxy groups -OCH3 is 1. The van der Waals surface area contributed by atoms with E-state index in [1.54, 1.807) is 4.90 Å². The third kappa shape index (κ3) is 4.98. The second-order valence-corrected chi connectivity index (χ2v) is 7.78. The number of carbonyl (C=O) groups is 2. The Labute approximate surface area is 189 Å². The van der Waals surface area contributed by atoms with Gasteiger partial charge >= 0.3 is 12.0 Å². The average Bonchev–Trinajstić information content (AvgIpc) is 2.77. The van der Waals surface area contributed by atoms with Gasteiger partial charge in [0.2, 0.25) is 0 Å². The van der Waals surface area contributed by atoms with Gasteiger partial charge in [0.1, 0.15) is 0 Å². The number of amides is 2. The number of nitrogens with one attached hydrogen (secondary N) is 1. The summed E-state index contributed by atoms with van der Waals surface area (Å²) in [4.78, 5) is 27.3. The highest BCUT2D eigenvalue weighted by atomic mass is 16.5. The fourth-order valence-electron chi connectivity index (χ4n) is 4.02. The molecule has 1 aliphatic heterocycles. The van der Waals surface area contributed by atoms with Crippen molar-refractivity contribution in [2.45, 2.75) is 46.6 Å². The molecule has 1 aliphatic rings. The molecule has 172 valence electrons. The first-order valence-corrected chi connectivity index (χ1v) is 11.0. The molecule has 0 radical (unpaired) electrons. The van der Waals surface area contributed by atoms with E-state index in [2.05, 4.69) is 5.32 Å². The summed E-state index contributed by atoms with van der Waals surface area (Å²) >= 11 is 0. The summed E-state index contributed by atoms with van der Waals surface area (Å²) in [6.45, 7) is 9.30. The molecule has 0 aliphatic carbocycles. The number of hydrogen-bond acceptors (Lipinski definition) is 5. The Bertz CT molecular complexity index is 989. The molecule has 7 nitrogen and oxygen atoms in total. The number of fused-ring (bicyclic) bond motifs is 1. The first-order chi connectivity index (χ1) is 15.4. The lowest BCUT2D eigenvalue weighted by Gasteiger charge is -2.37. The lowest BCUT2D eigenvalue weighted by Crippen LogP contribution is -2.43. The van der Waals surface area contributed by atoms with Gasteiger partial charge < -0.3 is 24.4 Å². The Kier molecular flexibility index (Phi) is 7.62. The monoisotopic (exact) mass is 440 g/mol. The lowest BCUT2D eigenvalue weighted by molar-refractivity contribution is -0.141. The van der Waals surface area contributed by atoms with E-state index in [0.29, 0.717) is 37.7 Å². The maximum Gasteiger partial charge on any atom is 0.322 e. The number of anilines is 1. The SMILES string of the molecule is CCOc1cc2c(cc1OCC)C(CC(=O)OC)N(C(=O)Nc1cccc(C)c1C)CC2. The summed E-state index contributed by atoms with van der Waals surface area (Å²) in [6.07, 6.45) is 0.711. The number of ether oxygens (including phenoxy) is 3. The molecule has 3 rings (SSSR count). The van der Waals surface area contributed by atoms with Gasteiger partial charge in [0.25, 0.3) is 0 Å². The Morgan fingerprint density at radius 1 is 1.09 bits per heavy atom. The van der Waals surface area contributed by atoms with Gasteiger partial charge in [-0.15, -0.1) is 0 Å². The van der Waals surface area contributed by atoms with Crippen molar-refractivity contribution in [3.8, 4) is 11.5 Å². The van der Waals surface area contributed by atoms with Crippen LogP contribution >= 0.6 is 0 Å². The zero-order chi connectivity index (χ0) is 23.3. The minimum absolute atomic E-state index is 0.0588. The predicted octanol–water partition coefficient (Wildman–Crippen LogP) is 4.80. The number of nitrogens with zero attached hydrogens (tertiary/aromatic N) is 1. The molecule has 1 unspecified atom stereocenters. The average molecular weight is 441 g/mol. The molecule has 2 aromatic carbocycles. The molecule has 2 amide bonds. The Morgan fingerprint density at radius 3 is 2.44 bits per heavy atom. The van der Waals surface area contributed by atoms with Gasteiger partial charge in [-0.2, -0.15) is 0 Å².